The van der Waals surface area contributed by atoms with Gasteiger partial charge in [-0.05, 0) is 0 Å². The predicted molar refractivity (Wildman–Crippen MR) is 48.3 cm³/mol. The normalized spacial score (nSPS) is 9.60. The van der Waals surface area contributed by atoms with Gasteiger partial charge in [0, 0.05) is 20.8 Å². The molecule has 1 unspecified atom stereocenters. The van der Waals surface area contributed by atoms with Crippen molar-refractivity contribution < 1.29 is 28.6 Å². The first-order valence-corrected chi connectivity index (χ1v) is 4.23. The highest BCUT2D eigenvalue weighted by Gasteiger charge is 2.16. The van der Waals surface area contributed by atoms with Gasteiger partial charge < -0.3 is 14.2 Å². The lowest BCUT2D eigenvalue weighted by molar-refractivity contribution is -0.159. The second-order valence-corrected chi connectivity index (χ2v) is 2.70. The second kappa shape index (κ2) is 6.80. The molecule has 0 aromatic carbocycles. The van der Waals surface area contributed by atoms with Gasteiger partial charge in [-0.25, -0.2) is 0 Å². The maximum atomic E-state index is 10.6. The standard InChI is InChI=1S/C9H13O6/c1-6(10)13-4-9(15-8(3)12)5-14-7(2)11/h4,9H,5H2,1-3H3. The first kappa shape index (κ1) is 13.4. The molecule has 0 aliphatic carbocycles. The van der Waals surface area contributed by atoms with E-state index in [0.29, 0.717) is 0 Å². The van der Waals surface area contributed by atoms with Crippen molar-refractivity contribution in [1.29, 1.82) is 0 Å². The van der Waals surface area contributed by atoms with E-state index in [1.165, 1.54) is 20.8 Å². The van der Waals surface area contributed by atoms with Crippen molar-refractivity contribution in [1.82, 2.24) is 0 Å². The summed E-state index contributed by atoms with van der Waals surface area (Å²) in [6, 6.07) is 0. The summed E-state index contributed by atoms with van der Waals surface area (Å²) in [5.74, 6) is -1.62. The summed E-state index contributed by atoms with van der Waals surface area (Å²) in [6.45, 7) is 4.45. The lowest BCUT2D eigenvalue weighted by atomic mass is 10.4. The van der Waals surface area contributed by atoms with Gasteiger partial charge in [0.05, 0.1) is 0 Å². The summed E-state index contributed by atoms with van der Waals surface area (Å²) >= 11 is 0. The van der Waals surface area contributed by atoms with E-state index in [0.717, 1.165) is 6.61 Å². The smallest absolute Gasteiger partial charge is 0.303 e. The largest absolute Gasteiger partial charge is 0.462 e. The number of rotatable bonds is 5. The molecule has 15 heavy (non-hydrogen) atoms. The lowest BCUT2D eigenvalue weighted by Gasteiger charge is -2.15. The zero-order chi connectivity index (χ0) is 11.8. The highest BCUT2D eigenvalue weighted by Crippen LogP contribution is 2.01. The molecular weight excluding hydrogens is 204 g/mol. The van der Waals surface area contributed by atoms with Crippen molar-refractivity contribution in [3.63, 3.8) is 0 Å². The minimum Gasteiger partial charge on any atom is -0.462 e. The van der Waals surface area contributed by atoms with Crippen molar-refractivity contribution in [2.24, 2.45) is 0 Å². The van der Waals surface area contributed by atoms with E-state index in [1.807, 2.05) is 0 Å². The number of hydrogen-bond donors (Lipinski definition) is 0. The van der Waals surface area contributed by atoms with Crippen LogP contribution in [0.5, 0.6) is 0 Å². The summed E-state index contributed by atoms with van der Waals surface area (Å²) in [7, 11) is 0. The van der Waals surface area contributed by atoms with Crippen LogP contribution in [-0.2, 0) is 28.6 Å². The van der Waals surface area contributed by atoms with Gasteiger partial charge in [0.25, 0.3) is 0 Å². The molecule has 0 aliphatic rings. The molecule has 6 heteroatoms. The van der Waals surface area contributed by atoms with Gasteiger partial charge in [-0.2, -0.15) is 0 Å². The van der Waals surface area contributed by atoms with E-state index in [2.05, 4.69) is 9.47 Å². The van der Waals surface area contributed by atoms with E-state index in [4.69, 9.17) is 4.74 Å². The summed E-state index contributed by atoms with van der Waals surface area (Å²) in [4.78, 5) is 31.6. The molecule has 0 bridgehead atoms. The highest BCUT2D eigenvalue weighted by atomic mass is 16.6. The maximum absolute atomic E-state index is 10.6. The van der Waals surface area contributed by atoms with Crippen molar-refractivity contribution in [3.05, 3.63) is 6.61 Å². The molecule has 0 aromatic rings. The minimum atomic E-state index is -0.879. The Morgan fingerprint density at radius 1 is 1.07 bits per heavy atom. The number of ether oxygens (including phenoxy) is 3. The van der Waals surface area contributed by atoms with Crippen LogP contribution in [0.3, 0.4) is 0 Å². The number of carbonyl (C=O) groups excluding carboxylic acids is 3. The highest BCUT2D eigenvalue weighted by molar-refractivity contribution is 5.68. The average molecular weight is 217 g/mol. The van der Waals surface area contributed by atoms with Crippen molar-refractivity contribution in [2.75, 3.05) is 6.61 Å². The summed E-state index contributed by atoms with van der Waals surface area (Å²) in [5.41, 5.74) is 0. The monoisotopic (exact) mass is 217 g/mol. The van der Waals surface area contributed by atoms with E-state index in [1.54, 1.807) is 0 Å². The van der Waals surface area contributed by atoms with E-state index in [-0.39, 0.29) is 6.61 Å². The van der Waals surface area contributed by atoms with Gasteiger partial charge in [0.15, 0.2) is 12.7 Å². The van der Waals surface area contributed by atoms with Crippen LogP contribution in [0.2, 0.25) is 0 Å². The average Bonchev–Trinajstić information content (AvgIpc) is 2.08. The Balaban J connectivity index is 3.99. The van der Waals surface area contributed by atoms with Crippen LogP contribution in [0, 0.1) is 6.61 Å². The van der Waals surface area contributed by atoms with E-state index in [9.17, 15) is 14.4 Å². The Kier molecular flexibility index (Phi) is 6.08. The van der Waals surface area contributed by atoms with Crippen LogP contribution in [0.25, 0.3) is 0 Å². The lowest BCUT2D eigenvalue weighted by Crippen LogP contribution is -2.25. The molecule has 1 atom stereocenters. The number of carbonyl (C=O) groups is 3. The number of esters is 3. The Hall–Kier alpha value is -1.59. The van der Waals surface area contributed by atoms with Gasteiger partial charge in [0.1, 0.15) is 6.61 Å². The number of hydrogen-bond acceptors (Lipinski definition) is 6. The summed E-state index contributed by atoms with van der Waals surface area (Å²) in [6.07, 6.45) is -0.879. The van der Waals surface area contributed by atoms with Crippen LogP contribution in [0.15, 0.2) is 0 Å². The fourth-order valence-electron chi connectivity index (χ4n) is 0.685. The van der Waals surface area contributed by atoms with Crippen molar-refractivity contribution in [3.8, 4) is 0 Å². The fourth-order valence-corrected chi connectivity index (χ4v) is 0.685. The predicted octanol–water partition coefficient (Wildman–Crippen LogP) is 0.206. The molecular formula is C9H13O6. The van der Waals surface area contributed by atoms with Crippen LogP contribution in [0.4, 0.5) is 0 Å². The molecule has 0 rings (SSSR count). The maximum Gasteiger partial charge on any atom is 0.303 e. The zero-order valence-corrected chi connectivity index (χ0v) is 8.81. The van der Waals surface area contributed by atoms with E-state index < -0.39 is 24.0 Å². The molecule has 0 saturated carbocycles. The molecule has 0 amide bonds. The molecule has 6 nitrogen and oxygen atoms in total. The van der Waals surface area contributed by atoms with Gasteiger partial charge in [0.2, 0.25) is 0 Å². The SMILES string of the molecule is CC(=O)O[CH]C(COC(C)=O)OC(C)=O. The third kappa shape index (κ3) is 8.73. The van der Waals surface area contributed by atoms with Crippen LogP contribution >= 0.6 is 0 Å². The van der Waals surface area contributed by atoms with Gasteiger partial charge >= 0.3 is 17.9 Å². The molecule has 0 spiro atoms. The van der Waals surface area contributed by atoms with E-state index >= 15 is 0 Å². The Bertz CT molecular complexity index is 229. The molecule has 85 valence electrons. The topological polar surface area (TPSA) is 78.9 Å². The summed E-state index contributed by atoms with van der Waals surface area (Å²) in [5, 5.41) is 0. The van der Waals surface area contributed by atoms with Crippen LogP contribution < -0.4 is 0 Å². The summed E-state index contributed by atoms with van der Waals surface area (Å²) < 4.78 is 13.8. The van der Waals surface area contributed by atoms with Crippen molar-refractivity contribution >= 4 is 17.9 Å². The van der Waals surface area contributed by atoms with Crippen LogP contribution in [0.1, 0.15) is 20.8 Å². The molecule has 1 radical (unpaired) electrons. The molecule has 0 aliphatic heterocycles. The molecule has 0 N–H and O–H groups in total. The van der Waals surface area contributed by atoms with Crippen LogP contribution in [-0.4, -0.2) is 30.6 Å². The molecule has 0 saturated heterocycles. The van der Waals surface area contributed by atoms with Gasteiger partial charge in [-0.15, -0.1) is 0 Å². The van der Waals surface area contributed by atoms with Gasteiger partial charge in [-0.3, -0.25) is 14.4 Å². The molecule has 0 aromatic heterocycles. The van der Waals surface area contributed by atoms with Gasteiger partial charge in [-0.1, -0.05) is 0 Å². The first-order chi connectivity index (χ1) is 6.91. The zero-order valence-electron chi connectivity index (χ0n) is 8.81. The Morgan fingerprint density at radius 2 is 1.67 bits per heavy atom. The second-order valence-electron chi connectivity index (χ2n) is 2.70. The minimum absolute atomic E-state index is 0.178. The fraction of sp³-hybridized carbons (Fsp3) is 0.556. The quantitative estimate of drug-likeness (QED) is 0.483. The molecule has 0 heterocycles. The van der Waals surface area contributed by atoms with Crippen molar-refractivity contribution in [2.45, 2.75) is 26.9 Å². The third-order valence-corrected chi connectivity index (χ3v) is 1.15. The Morgan fingerprint density at radius 3 is 2.07 bits per heavy atom. The Labute approximate surface area is 87.5 Å². The molecule has 0 fully saturated rings. The first-order valence-electron chi connectivity index (χ1n) is 4.23. The third-order valence-electron chi connectivity index (χ3n) is 1.15.